The minimum absolute atomic E-state index is 0.0395. The summed E-state index contributed by atoms with van der Waals surface area (Å²) in [6.07, 6.45) is 5.94. The number of hydrogen-bond acceptors (Lipinski definition) is 3. The number of aromatic amines is 1. The molecule has 1 amide bonds. The summed E-state index contributed by atoms with van der Waals surface area (Å²) in [6, 6.07) is 3.56. The van der Waals surface area contributed by atoms with Crippen molar-refractivity contribution in [3.05, 3.63) is 24.0 Å². The quantitative estimate of drug-likeness (QED) is 0.889. The molecule has 2 N–H and O–H groups in total. The van der Waals surface area contributed by atoms with Gasteiger partial charge < -0.3 is 19.8 Å². The molecule has 1 aliphatic heterocycles. The molecule has 20 heavy (non-hydrogen) atoms. The number of H-pyrrole nitrogens is 1. The van der Waals surface area contributed by atoms with Crippen molar-refractivity contribution in [1.29, 1.82) is 0 Å². The van der Waals surface area contributed by atoms with Crippen molar-refractivity contribution in [2.24, 2.45) is 5.92 Å². The number of amides is 1. The summed E-state index contributed by atoms with van der Waals surface area (Å²) in [4.78, 5) is 14.7. The van der Waals surface area contributed by atoms with Gasteiger partial charge in [0.05, 0.1) is 6.61 Å². The van der Waals surface area contributed by atoms with Crippen LogP contribution in [0.5, 0.6) is 0 Å². The van der Waals surface area contributed by atoms with Crippen molar-refractivity contribution in [3.8, 4) is 0 Å². The lowest BCUT2D eigenvalue weighted by Crippen LogP contribution is -2.38. The Bertz CT molecular complexity index is 450. The van der Waals surface area contributed by atoms with Crippen LogP contribution in [-0.4, -0.2) is 35.9 Å². The molecule has 5 nitrogen and oxygen atoms in total. The highest BCUT2D eigenvalue weighted by Crippen LogP contribution is 2.39. The second kappa shape index (κ2) is 5.58. The average molecular weight is 278 g/mol. The molecule has 0 radical (unpaired) electrons. The summed E-state index contributed by atoms with van der Waals surface area (Å²) in [6.45, 7) is 3.34. The highest BCUT2D eigenvalue weighted by atomic mass is 16.7. The Morgan fingerprint density at radius 3 is 3.00 bits per heavy atom. The van der Waals surface area contributed by atoms with Crippen LogP contribution in [0, 0.1) is 5.92 Å². The van der Waals surface area contributed by atoms with E-state index in [1.54, 1.807) is 12.3 Å². The molecule has 5 heteroatoms. The molecule has 0 aromatic carbocycles. The normalized spacial score (nSPS) is 33.5. The maximum absolute atomic E-state index is 11.8. The number of rotatable bonds is 3. The summed E-state index contributed by atoms with van der Waals surface area (Å²) in [5.41, 5.74) is 0.574. The van der Waals surface area contributed by atoms with Gasteiger partial charge >= 0.3 is 0 Å². The van der Waals surface area contributed by atoms with Crippen molar-refractivity contribution >= 4 is 5.91 Å². The van der Waals surface area contributed by atoms with Crippen LogP contribution in [0.2, 0.25) is 0 Å². The minimum Gasteiger partial charge on any atom is -0.357 e. The largest absolute Gasteiger partial charge is 0.357 e. The Morgan fingerprint density at radius 1 is 1.50 bits per heavy atom. The standard InChI is InChI=1S/C15H22N2O3/c1-11-4-6-15(7-5-11)19-10-12(20-15)9-17-14(18)13-3-2-8-16-13/h2-3,8,11-12,16H,4-7,9-10H2,1H3,(H,17,18)/t11?,12-,15?/m0/s1. The molecule has 0 unspecified atom stereocenters. The molecule has 0 bridgehead atoms. The van der Waals surface area contributed by atoms with Gasteiger partial charge in [0.25, 0.3) is 5.91 Å². The summed E-state index contributed by atoms with van der Waals surface area (Å²) < 4.78 is 11.9. The Hall–Kier alpha value is -1.33. The van der Waals surface area contributed by atoms with E-state index in [-0.39, 0.29) is 17.8 Å². The van der Waals surface area contributed by atoms with E-state index in [0.717, 1.165) is 31.6 Å². The second-order valence-corrected chi connectivity index (χ2v) is 5.94. The van der Waals surface area contributed by atoms with Crippen LogP contribution in [0.1, 0.15) is 43.1 Å². The van der Waals surface area contributed by atoms with Crippen LogP contribution in [0.25, 0.3) is 0 Å². The molecule has 2 fully saturated rings. The van der Waals surface area contributed by atoms with Crippen molar-refractivity contribution in [3.63, 3.8) is 0 Å². The molecule has 2 heterocycles. The van der Waals surface area contributed by atoms with E-state index in [2.05, 4.69) is 17.2 Å². The highest BCUT2D eigenvalue weighted by Gasteiger charge is 2.43. The lowest BCUT2D eigenvalue weighted by atomic mass is 9.86. The third-order valence-corrected chi connectivity index (χ3v) is 4.28. The third kappa shape index (κ3) is 2.88. The van der Waals surface area contributed by atoms with Gasteiger partial charge in [0, 0.05) is 25.6 Å². The van der Waals surface area contributed by atoms with E-state index in [0.29, 0.717) is 18.8 Å². The second-order valence-electron chi connectivity index (χ2n) is 5.94. The Morgan fingerprint density at radius 2 is 2.30 bits per heavy atom. The van der Waals surface area contributed by atoms with Gasteiger partial charge in [0.2, 0.25) is 0 Å². The first kappa shape index (κ1) is 13.6. The zero-order chi connectivity index (χ0) is 14.0. The summed E-state index contributed by atoms with van der Waals surface area (Å²) in [5.74, 6) is 0.283. The number of carbonyl (C=O) groups excluding carboxylic acids is 1. The summed E-state index contributed by atoms with van der Waals surface area (Å²) >= 11 is 0. The number of ether oxygens (including phenoxy) is 2. The van der Waals surface area contributed by atoms with Gasteiger partial charge in [-0.2, -0.15) is 0 Å². The molecule has 1 spiro atoms. The van der Waals surface area contributed by atoms with Crippen LogP contribution in [0.4, 0.5) is 0 Å². The Kier molecular flexibility index (Phi) is 3.81. The lowest BCUT2D eigenvalue weighted by Gasteiger charge is -2.34. The van der Waals surface area contributed by atoms with Gasteiger partial charge in [0.15, 0.2) is 5.79 Å². The molecule has 1 saturated carbocycles. The van der Waals surface area contributed by atoms with E-state index in [1.165, 1.54) is 0 Å². The molecule has 1 atom stereocenters. The van der Waals surface area contributed by atoms with E-state index in [4.69, 9.17) is 9.47 Å². The third-order valence-electron chi connectivity index (χ3n) is 4.28. The van der Waals surface area contributed by atoms with Crippen molar-refractivity contribution in [2.45, 2.75) is 44.5 Å². The van der Waals surface area contributed by atoms with Gasteiger partial charge in [0.1, 0.15) is 11.8 Å². The predicted molar refractivity (Wildman–Crippen MR) is 74.3 cm³/mol. The maximum atomic E-state index is 11.8. The van der Waals surface area contributed by atoms with Crippen LogP contribution in [0.15, 0.2) is 18.3 Å². The molecule has 1 aliphatic carbocycles. The fourth-order valence-electron chi connectivity index (χ4n) is 2.95. The Labute approximate surface area is 119 Å². The number of nitrogens with one attached hydrogen (secondary N) is 2. The van der Waals surface area contributed by atoms with Crippen molar-refractivity contribution in [2.75, 3.05) is 13.2 Å². The Balaban J connectivity index is 1.47. The van der Waals surface area contributed by atoms with Crippen LogP contribution in [-0.2, 0) is 9.47 Å². The molecular formula is C15H22N2O3. The monoisotopic (exact) mass is 278 g/mol. The van der Waals surface area contributed by atoms with E-state index in [1.807, 2.05) is 6.07 Å². The highest BCUT2D eigenvalue weighted by molar-refractivity contribution is 5.92. The van der Waals surface area contributed by atoms with Gasteiger partial charge in [-0.3, -0.25) is 4.79 Å². The average Bonchev–Trinajstić information content (AvgIpc) is 3.10. The summed E-state index contributed by atoms with van der Waals surface area (Å²) in [7, 11) is 0. The van der Waals surface area contributed by atoms with E-state index in [9.17, 15) is 4.79 Å². The number of carbonyl (C=O) groups is 1. The molecule has 2 aliphatic rings. The molecule has 1 saturated heterocycles. The molecule has 1 aromatic heterocycles. The van der Waals surface area contributed by atoms with Gasteiger partial charge in [-0.1, -0.05) is 6.92 Å². The predicted octanol–water partition coefficient (Wildman–Crippen LogP) is 2.07. The fourth-order valence-corrected chi connectivity index (χ4v) is 2.95. The van der Waals surface area contributed by atoms with E-state index < -0.39 is 0 Å². The topological polar surface area (TPSA) is 63.3 Å². The first-order valence-corrected chi connectivity index (χ1v) is 7.40. The van der Waals surface area contributed by atoms with Gasteiger partial charge in [-0.05, 0) is 30.9 Å². The van der Waals surface area contributed by atoms with Gasteiger partial charge in [-0.25, -0.2) is 0 Å². The SMILES string of the molecule is CC1CCC2(CC1)OC[C@H](CNC(=O)c1ccc[nH]1)O2. The molecule has 1 aromatic rings. The van der Waals surface area contributed by atoms with Crippen molar-refractivity contribution < 1.29 is 14.3 Å². The molecule has 3 rings (SSSR count). The summed E-state index contributed by atoms with van der Waals surface area (Å²) in [5, 5.41) is 2.88. The fraction of sp³-hybridized carbons (Fsp3) is 0.667. The molecular weight excluding hydrogens is 256 g/mol. The van der Waals surface area contributed by atoms with Crippen LogP contribution >= 0.6 is 0 Å². The first-order chi connectivity index (χ1) is 9.67. The minimum atomic E-state index is -0.381. The smallest absolute Gasteiger partial charge is 0.267 e. The first-order valence-electron chi connectivity index (χ1n) is 7.40. The van der Waals surface area contributed by atoms with E-state index >= 15 is 0 Å². The van der Waals surface area contributed by atoms with Crippen LogP contribution in [0.3, 0.4) is 0 Å². The zero-order valence-electron chi connectivity index (χ0n) is 11.9. The number of hydrogen-bond donors (Lipinski definition) is 2. The van der Waals surface area contributed by atoms with Crippen LogP contribution < -0.4 is 5.32 Å². The van der Waals surface area contributed by atoms with Gasteiger partial charge in [-0.15, -0.1) is 0 Å². The zero-order valence-corrected chi connectivity index (χ0v) is 11.9. The lowest BCUT2D eigenvalue weighted by molar-refractivity contribution is -0.191. The number of aromatic nitrogens is 1. The maximum Gasteiger partial charge on any atom is 0.267 e. The molecule has 110 valence electrons. The van der Waals surface area contributed by atoms with Crippen molar-refractivity contribution in [1.82, 2.24) is 10.3 Å².